The first-order valence-electron chi connectivity index (χ1n) is 7.21. The van der Waals surface area contributed by atoms with Crippen LogP contribution in [0.25, 0.3) is 0 Å². The first-order valence-corrected chi connectivity index (χ1v) is 8.69. The molecule has 0 amide bonds. The third kappa shape index (κ3) is 3.40. The first-order chi connectivity index (χ1) is 9.44. The average Bonchev–Trinajstić information content (AvgIpc) is 2.86. The van der Waals surface area contributed by atoms with Crippen LogP contribution in [0.1, 0.15) is 30.4 Å². The number of rotatable bonds is 5. The van der Waals surface area contributed by atoms with Gasteiger partial charge in [-0.2, -0.15) is 0 Å². The maximum Gasteiger partial charge on any atom is 0.240 e. The van der Waals surface area contributed by atoms with E-state index in [1.54, 1.807) is 6.07 Å². The van der Waals surface area contributed by atoms with Gasteiger partial charge in [0.2, 0.25) is 10.0 Å². The predicted octanol–water partition coefficient (Wildman–Crippen LogP) is 1.96. The fraction of sp³-hybridized carbons (Fsp3) is 0.600. The number of hydrogen-bond donors (Lipinski definition) is 2. The summed E-state index contributed by atoms with van der Waals surface area (Å²) in [6, 6.07) is 5.50. The van der Waals surface area contributed by atoms with Gasteiger partial charge in [-0.05, 0) is 62.3 Å². The molecule has 2 rings (SSSR count). The highest BCUT2D eigenvalue weighted by atomic mass is 32.2. The molecular formula is C15H24N2O2S. The van der Waals surface area contributed by atoms with Crippen LogP contribution in [-0.4, -0.2) is 21.5 Å². The number of sulfonamides is 1. The molecule has 2 unspecified atom stereocenters. The van der Waals surface area contributed by atoms with Crippen LogP contribution in [0.4, 0.5) is 0 Å². The first kappa shape index (κ1) is 15.5. The summed E-state index contributed by atoms with van der Waals surface area (Å²) in [7, 11) is -3.42. The molecule has 1 aliphatic carbocycles. The van der Waals surface area contributed by atoms with E-state index in [9.17, 15) is 8.42 Å². The van der Waals surface area contributed by atoms with Gasteiger partial charge in [0, 0.05) is 6.54 Å². The number of aryl methyl sites for hydroxylation is 2. The Kier molecular flexibility index (Phi) is 4.83. The molecule has 1 aromatic carbocycles. The molecular weight excluding hydrogens is 272 g/mol. The molecule has 0 aromatic heterocycles. The second-order valence-electron chi connectivity index (χ2n) is 5.81. The second-order valence-corrected chi connectivity index (χ2v) is 7.54. The molecule has 1 aromatic rings. The minimum absolute atomic E-state index is 0.375. The van der Waals surface area contributed by atoms with Crippen molar-refractivity contribution in [1.82, 2.24) is 4.72 Å². The van der Waals surface area contributed by atoms with Crippen molar-refractivity contribution in [3.05, 3.63) is 29.3 Å². The lowest BCUT2D eigenvalue weighted by Crippen LogP contribution is -2.33. The van der Waals surface area contributed by atoms with Crippen molar-refractivity contribution in [2.45, 2.75) is 38.0 Å². The molecule has 112 valence electrons. The molecule has 0 spiro atoms. The zero-order valence-electron chi connectivity index (χ0n) is 12.2. The van der Waals surface area contributed by atoms with Gasteiger partial charge >= 0.3 is 0 Å². The largest absolute Gasteiger partial charge is 0.330 e. The van der Waals surface area contributed by atoms with E-state index in [0.29, 0.717) is 29.8 Å². The summed E-state index contributed by atoms with van der Waals surface area (Å²) in [6.07, 6.45) is 3.33. The van der Waals surface area contributed by atoms with Gasteiger partial charge in [0.05, 0.1) is 4.90 Å². The lowest BCUT2D eigenvalue weighted by Gasteiger charge is -2.19. The van der Waals surface area contributed by atoms with E-state index in [4.69, 9.17) is 5.73 Å². The van der Waals surface area contributed by atoms with Crippen molar-refractivity contribution in [1.29, 1.82) is 0 Å². The molecule has 0 saturated heterocycles. The number of nitrogens with two attached hydrogens (primary N) is 1. The van der Waals surface area contributed by atoms with E-state index in [1.165, 1.54) is 0 Å². The van der Waals surface area contributed by atoms with Crippen LogP contribution >= 0.6 is 0 Å². The van der Waals surface area contributed by atoms with Crippen molar-refractivity contribution in [2.24, 2.45) is 17.6 Å². The number of benzene rings is 1. The topological polar surface area (TPSA) is 72.2 Å². The summed E-state index contributed by atoms with van der Waals surface area (Å²) < 4.78 is 27.6. The molecule has 0 heterocycles. The molecule has 0 aliphatic heterocycles. The van der Waals surface area contributed by atoms with Crippen LogP contribution in [0.15, 0.2) is 23.1 Å². The van der Waals surface area contributed by atoms with Gasteiger partial charge < -0.3 is 5.73 Å². The summed E-state index contributed by atoms with van der Waals surface area (Å²) in [4.78, 5) is 0.389. The fourth-order valence-corrected chi connectivity index (χ4v) is 4.41. The van der Waals surface area contributed by atoms with Gasteiger partial charge in [-0.15, -0.1) is 0 Å². The third-order valence-electron chi connectivity index (χ3n) is 4.29. The molecule has 2 atom stereocenters. The average molecular weight is 296 g/mol. The highest BCUT2D eigenvalue weighted by Gasteiger charge is 2.27. The highest BCUT2D eigenvalue weighted by Crippen LogP contribution is 2.30. The predicted molar refractivity (Wildman–Crippen MR) is 81.0 cm³/mol. The Hall–Kier alpha value is -0.910. The van der Waals surface area contributed by atoms with Crippen LogP contribution in [0, 0.1) is 25.7 Å². The Bertz CT molecular complexity index is 569. The minimum atomic E-state index is -3.42. The maximum atomic E-state index is 12.4. The second kappa shape index (κ2) is 6.24. The summed E-state index contributed by atoms with van der Waals surface area (Å²) in [5, 5.41) is 0. The van der Waals surface area contributed by atoms with Crippen LogP contribution in [0.3, 0.4) is 0 Å². The van der Waals surface area contributed by atoms with E-state index in [2.05, 4.69) is 4.72 Å². The van der Waals surface area contributed by atoms with E-state index in [1.807, 2.05) is 26.0 Å². The van der Waals surface area contributed by atoms with Crippen LogP contribution in [-0.2, 0) is 10.0 Å². The summed E-state index contributed by atoms with van der Waals surface area (Å²) in [5.74, 6) is 0.830. The third-order valence-corrected chi connectivity index (χ3v) is 5.85. The smallest absolute Gasteiger partial charge is 0.240 e. The summed E-state index contributed by atoms with van der Waals surface area (Å²) in [5.41, 5.74) is 7.48. The van der Waals surface area contributed by atoms with Crippen molar-refractivity contribution in [2.75, 3.05) is 13.1 Å². The van der Waals surface area contributed by atoms with E-state index in [-0.39, 0.29) is 0 Å². The zero-order valence-corrected chi connectivity index (χ0v) is 13.0. The van der Waals surface area contributed by atoms with E-state index in [0.717, 1.165) is 30.4 Å². The Morgan fingerprint density at radius 3 is 2.65 bits per heavy atom. The molecule has 5 heteroatoms. The molecule has 1 aliphatic rings. The van der Waals surface area contributed by atoms with Crippen molar-refractivity contribution >= 4 is 10.0 Å². The Morgan fingerprint density at radius 2 is 1.95 bits per heavy atom. The summed E-state index contributed by atoms with van der Waals surface area (Å²) in [6.45, 7) is 4.87. The Balaban J connectivity index is 2.09. The molecule has 3 N–H and O–H groups in total. The fourth-order valence-electron chi connectivity index (χ4n) is 2.98. The van der Waals surface area contributed by atoms with E-state index >= 15 is 0 Å². The lowest BCUT2D eigenvalue weighted by atomic mass is 9.97. The van der Waals surface area contributed by atoms with Crippen LogP contribution < -0.4 is 10.5 Å². The van der Waals surface area contributed by atoms with Crippen molar-refractivity contribution in [3.63, 3.8) is 0 Å². The molecule has 1 saturated carbocycles. The molecule has 0 radical (unpaired) electrons. The molecule has 0 bridgehead atoms. The van der Waals surface area contributed by atoms with E-state index < -0.39 is 10.0 Å². The normalized spacial score (nSPS) is 23.1. The quantitative estimate of drug-likeness (QED) is 0.872. The molecule has 1 fully saturated rings. The summed E-state index contributed by atoms with van der Waals surface area (Å²) >= 11 is 0. The standard InChI is InChI=1S/C15H24N2O2S/c1-11-6-7-12(2)15(8-11)20(18,19)17-10-14-5-3-4-13(14)9-16/h6-8,13-14,17H,3-5,9-10,16H2,1-2H3. The van der Waals surface area contributed by atoms with Crippen molar-refractivity contribution < 1.29 is 8.42 Å². The Labute approximate surface area is 121 Å². The van der Waals surface area contributed by atoms with Gasteiger partial charge in [0.25, 0.3) is 0 Å². The Morgan fingerprint density at radius 1 is 1.25 bits per heavy atom. The van der Waals surface area contributed by atoms with Crippen LogP contribution in [0.5, 0.6) is 0 Å². The monoisotopic (exact) mass is 296 g/mol. The van der Waals surface area contributed by atoms with Crippen molar-refractivity contribution in [3.8, 4) is 0 Å². The van der Waals surface area contributed by atoms with Gasteiger partial charge in [-0.25, -0.2) is 13.1 Å². The zero-order chi connectivity index (χ0) is 14.8. The van der Waals surface area contributed by atoms with Gasteiger partial charge in [-0.1, -0.05) is 18.6 Å². The number of hydrogen-bond acceptors (Lipinski definition) is 3. The SMILES string of the molecule is Cc1ccc(C)c(S(=O)(=O)NCC2CCCC2CN)c1. The molecule has 4 nitrogen and oxygen atoms in total. The molecule has 20 heavy (non-hydrogen) atoms. The van der Waals surface area contributed by atoms with Gasteiger partial charge in [0.1, 0.15) is 0 Å². The lowest BCUT2D eigenvalue weighted by molar-refractivity contribution is 0.393. The van der Waals surface area contributed by atoms with Gasteiger partial charge in [0.15, 0.2) is 0 Å². The van der Waals surface area contributed by atoms with Gasteiger partial charge in [-0.3, -0.25) is 0 Å². The van der Waals surface area contributed by atoms with Crippen LogP contribution in [0.2, 0.25) is 0 Å². The minimum Gasteiger partial charge on any atom is -0.330 e. The maximum absolute atomic E-state index is 12.4. The number of nitrogens with one attached hydrogen (secondary N) is 1. The highest BCUT2D eigenvalue weighted by molar-refractivity contribution is 7.89.